The molecule has 0 aliphatic heterocycles. The fraction of sp³-hybridized carbons (Fsp3) is 0.273. The second-order valence-corrected chi connectivity index (χ2v) is 3.40. The first-order chi connectivity index (χ1) is 7.52. The molecule has 0 amide bonds. The summed E-state index contributed by atoms with van der Waals surface area (Å²) < 4.78 is 13.0. The number of benzene rings is 1. The highest BCUT2D eigenvalue weighted by atomic mass is 19.1. The molecular weight excluding hydrogens is 211 g/mol. The monoisotopic (exact) mass is 222 g/mol. The number of carbonyl (C=O) groups is 1. The Balaban J connectivity index is 2.71. The van der Waals surface area contributed by atoms with Gasteiger partial charge in [0.15, 0.2) is 0 Å². The van der Waals surface area contributed by atoms with Gasteiger partial charge in [-0.3, -0.25) is 4.79 Å². The molecule has 0 aliphatic carbocycles. The second-order valence-electron chi connectivity index (χ2n) is 3.40. The predicted molar refractivity (Wildman–Crippen MR) is 55.1 cm³/mol. The summed E-state index contributed by atoms with van der Waals surface area (Å²) in [4.78, 5) is 10.5. The molecule has 0 heterocycles. The number of nitrogens with zero attached hydrogens (tertiary/aromatic N) is 1. The van der Waals surface area contributed by atoms with Crippen molar-refractivity contribution in [3.05, 3.63) is 35.1 Å². The number of hydrogen-bond acceptors (Lipinski definition) is 3. The topological polar surface area (TPSA) is 73.1 Å². The van der Waals surface area contributed by atoms with Crippen LogP contribution in [0.3, 0.4) is 0 Å². The number of halogens is 1. The van der Waals surface area contributed by atoms with Gasteiger partial charge in [0.05, 0.1) is 11.6 Å². The third-order valence-corrected chi connectivity index (χ3v) is 2.07. The van der Waals surface area contributed by atoms with Crippen LogP contribution in [-0.2, 0) is 11.3 Å². The molecule has 0 bridgehead atoms. The Morgan fingerprint density at radius 2 is 2.31 bits per heavy atom. The second kappa shape index (κ2) is 5.24. The summed E-state index contributed by atoms with van der Waals surface area (Å²) in [6, 6.07) is 5.03. The van der Waals surface area contributed by atoms with Gasteiger partial charge in [-0.2, -0.15) is 5.26 Å². The van der Waals surface area contributed by atoms with E-state index in [1.807, 2.05) is 6.07 Å². The van der Waals surface area contributed by atoms with Crippen molar-refractivity contribution in [3.8, 4) is 6.07 Å². The largest absolute Gasteiger partial charge is 0.480 e. The van der Waals surface area contributed by atoms with E-state index in [2.05, 4.69) is 5.32 Å². The van der Waals surface area contributed by atoms with Crippen molar-refractivity contribution in [2.45, 2.75) is 19.5 Å². The van der Waals surface area contributed by atoms with Crippen molar-refractivity contribution in [1.29, 1.82) is 5.26 Å². The van der Waals surface area contributed by atoms with E-state index >= 15 is 0 Å². The molecule has 1 rings (SSSR count). The Morgan fingerprint density at radius 3 is 2.88 bits per heavy atom. The van der Waals surface area contributed by atoms with Gasteiger partial charge in [0.2, 0.25) is 0 Å². The Morgan fingerprint density at radius 1 is 1.62 bits per heavy atom. The molecule has 84 valence electrons. The third kappa shape index (κ3) is 3.33. The van der Waals surface area contributed by atoms with Crippen LogP contribution in [0.25, 0.3) is 0 Å². The molecule has 0 aliphatic rings. The first-order valence-corrected chi connectivity index (χ1v) is 4.68. The van der Waals surface area contributed by atoms with Crippen LogP contribution >= 0.6 is 0 Å². The van der Waals surface area contributed by atoms with Crippen LogP contribution in [0.15, 0.2) is 18.2 Å². The maximum absolute atomic E-state index is 13.0. The van der Waals surface area contributed by atoms with Gasteiger partial charge in [-0.15, -0.1) is 0 Å². The average Bonchev–Trinajstić information content (AvgIpc) is 2.24. The lowest BCUT2D eigenvalue weighted by Crippen LogP contribution is -2.33. The molecule has 0 unspecified atom stereocenters. The average molecular weight is 222 g/mol. The zero-order valence-electron chi connectivity index (χ0n) is 8.70. The summed E-state index contributed by atoms with van der Waals surface area (Å²) in [5, 5.41) is 19.9. The number of aliphatic carboxylic acids is 1. The SMILES string of the molecule is C[C@H](NCc1cc(F)cc(C#N)c1)C(=O)O. The molecule has 16 heavy (non-hydrogen) atoms. The molecule has 1 atom stereocenters. The molecule has 1 aromatic carbocycles. The molecule has 2 N–H and O–H groups in total. The van der Waals surface area contributed by atoms with E-state index in [1.165, 1.54) is 19.1 Å². The highest BCUT2D eigenvalue weighted by Crippen LogP contribution is 2.08. The maximum atomic E-state index is 13.0. The van der Waals surface area contributed by atoms with Gasteiger partial charge < -0.3 is 10.4 Å². The first kappa shape index (κ1) is 12.1. The van der Waals surface area contributed by atoms with Gasteiger partial charge in [0.25, 0.3) is 0 Å². The Kier molecular flexibility index (Phi) is 3.97. The van der Waals surface area contributed by atoms with Gasteiger partial charge in [-0.1, -0.05) is 0 Å². The predicted octanol–water partition coefficient (Wildman–Crippen LogP) is 1.26. The van der Waals surface area contributed by atoms with E-state index in [4.69, 9.17) is 10.4 Å². The molecule has 0 saturated heterocycles. The number of carboxylic acids is 1. The molecule has 0 saturated carbocycles. The van der Waals surface area contributed by atoms with Crippen molar-refractivity contribution in [2.75, 3.05) is 0 Å². The van der Waals surface area contributed by atoms with Crippen LogP contribution in [0.5, 0.6) is 0 Å². The fourth-order valence-corrected chi connectivity index (χ4v) is 1.18. The Hall–Kier alpha value is -1.93. The highest BCUT2D eigenvalue weighted by Gasteiger charge is 2.09. The standard InChI is InChI=1S/C11H11FN2O2/c1-7(11(15)16)14-6-9-2-8(5-13)3-10(12)4-9/h2-4,7,14H,6H2,1H3,(H,15,16)/t7-/m0/s1. The normalized spacial score (nSPS) is 11.8. The van der Waals surface area contributed by atoms with Crippen molar-refractivity contribution < 1.29 is 14.3 Å². The molecule has 1 aromatic rings. The van der Waals surface area contributed by atoms with Crippen LogP contribution in [0.2, 0.25) is 0 Å². The summed E-state index contributed by atoms with van der Waals surface area (Å²) in [5.41, 5.74) is 0.768. The van der Waals surface area contributed by atoms with E-state index < -0.39 is 17.8 Å². The number of nitriles is 1. The van der Waals surface area contributed by atoms with Gasteiger partial charge in [-0.05, 0) is 30.7 Å². The molecule has 0 aromatic heterocycles. The number of carboxylic acid groups (broad SMARTS) is 1. The minimum absolute atomic E-state index is 0.208. The highest BCUT2D eigenvalue weighted by molar-refractivity contribution is 5.72. The maximum Gasteiger partial charge on any atom is 0.320 e. The minimum Gasteiger partial charge on any atom is -0.480 e. The van der Waals surface area contributed by atoms with Crippen LogP contribution in [0.4, 0.5) is 4.39 Å². The van der Waals surface area contributed by atoms with E-state index in [9.17, 15) is 9.18 Å². The van der Waals surface area contributed by atoms with E-state index in [1.54, 1.807) is 0 Å². The van der Waals surface area contributed by atoms with Crippen LogP contribution in [0, 0.1) is 17.1 Å². The van der Waals surface area contributed by atoms with Gasteiger partial charge in [0.1, 0.15) is 11.9 Å². The molecule has 0 fully saturated rings. The van der Waals surface area contributed by atoms with Crippen molar-refractivity contribution >= 4 is 5.97 Å². The zero-order chi connectivity index (χ0) is 12.1. The molecule has 0 spiro atoms. The van der Waals surface area contributed by atoms with Crippen LogP contribution in [0.1, 0.15) is 18.1 Å². The van der Waals surface area contributed by atoms with Gasteiger partial charge in [0, 0.05) is 6.54 Å². The Bertz CT molecular complexity index is 440. The van der Waals surface area contributed by atoms with Gasteiger partial charge >= 0.3 is 5.97 Å². The summed E-state index contributed by atoms with van der Waals surface area (Å²) in [6.07, 6.45) is 0. The van der Waals surface area contributed by atoms with Crippen molar-refractivity contribution in [3.63, 3.8) is 0 Å². The van der Waals surface area contributed by atoms with E-state index in [0.29, 0.717) is 5.56 Å². The van der Waals surface area contributed by atoms with Crippen LogP contribution in [-0.4, -0.2) is 17.1 Å². The number of nitrogens with one attached hydrogen (secondary N) is 1. The van der Waals surface area contributed by atoms with Crippen molar-refractivity contribution in [2.24, 2.45) is 0 Å². The zero-order valence-corrected chi connectivity index (χ0v) is 8.70. The summed E-state index contributed by atoms with van der Waals surface area (Å²) in [7, 11) is 0. The molecule has 4 nitrogen and oxygen atoms in total. The first-order valence-electron chi connectivity index (χ1n) is 4.68. The summed E-state index contributed by atoms with van der Waals surface area (Å²) in [6.45, 7) is 1.70. The Labute approximate surface area is 92.3 Å². The van der Waals surface area contributed by atoms with Crippen LogP contribution < -0.4 is 5.32 Å². The lowest BCUT2D eigenvalue weighted by Gasteiger charge is -2.09. The fourth-order valence-electron chi connectivity index (χ4n) is 1.18. The minimum atomic E-state index is -0.975. The summed E-state index contributed by atoms with van der Waals surface area (Å²) >= 11 is 0. The molecule has 0 radical (unpaired) electrons. The van der Waals surface area contributed by atoms with E-state index in [0.717, 1.165) is 6.07 Å². The van der Waals surface area contributed by atoms with Crippen molar-refractivity contribution in [1.82, 2.24) is 5.32 Å². The number of hydrogen-bond donors (Lipinski definition) is 2. The quantitative estimate of drug-likeness (QED) is 0.804. The molecular formula is C11H11FN2O2. The molecule has 5 heteroatoms. The van der Waals surface area contributed by atoms with Gasteiger partial charge in [-0.25, -0.2) is 4.39 Å². The lowest BCUT2D eigenvalue weighted by atomic mass is 10.1. The smallest absolute Gasteiger partial charge is 0.320 e. The van der Waals surface area contributed by atoms with E-state index in [-0.39, 0.29) is 12.1 Å². The third-order valence-electron chi connectivity index (χ3n) is 2.07. The summed E-state index contributed by atoms with van der Waals surface area (Å²) in [5.74, 6) is -1.48. The lowest BCUT2D eigenvalue weighted by molar-refractivity contribution is -0.139. The number of rotatable bonds is 4.